The maximum absolute atomic E-state index is 12.7. The average molecular weight is 368 g/mol. The highest BCUT2D eigenvalue weighted by molar-refractivity contribution is 6.14. The predicted molar refractivity (Wildman–Crippen MR) is 95.9 cm³/mol. The van der Waals surface area contributed by atoms with Gasteiger partial charge in [-0.3, -0.25) is 34.4 Å². The van der Waals surface area contributed by atoms with Crippen LogP contribution in [0.1, 0.15) is 22.1 Å². The minimum absolute atomic E-state index is 0.0967. The first kappa shape index (κ1) is 17.7. The van der Waals surface area contributed by atoms with E-state index in [1.807, 2.05) is 0 Å². The molecule has 0 radical (unpaired) electrons. The molecule has 1 amide bonds. The number of nitro benzene ring substituents is 2. The Morgan fingerprint density at radius 3 is 2.15 bits per heavy atom. The Bertz CT molecular complexity index is 1090. The normalized spacial score (nSPS) is 10.6. The fourth-order valence-electron chi connectivity index (χ4n) is 2.70. The van der Waals surface area contributed by atoms with Gasteiger partial charge in [-0.2, -0.15) is 0 Å². The molecule has 3 aromatic rings. The number of non-ortho nitro benzene ring substituents is 2. The number of nitrogens with zero attached hydrogens (tertiary/aromatic N) is 3. The summed E-state index contributed by atoms with van der Waals surface area (Å²) in [5.41, 5.74) is -0.452. The van der Waals surface area contributed by atoms with Crippen LogP contribution in [-0.4, -0.2) is 26.2 Å². The number of nitrogens with one attached hydrogen (secondary N) is 1. The molecule has 1 N–H and O–H groups in total. The van der Waals surface area contributed by atoms with Crippen LogP contribution in [0.2, 0.25) is 0 Å². The van der Waals surface area contributed by atoms with E-state index in [-0.39, 0.29) is 17.2 Å². The van der Waals surface area contributed by atoms with Crippen molar-refractivity contribution in [2.24, 2.45) is 0 Å². The average Bonchev–Trinajstić information content (AvgIpc) is 3.01. The summed E-state index contributed by atoms with van der Waals surface area (Å²) in [6.07, 6.45) is 1.36. The topological polar surface area (TPSA) is 137 Å². The number of amides is 1. The third kappa shape index (κ3) is 3.35. The molecule has 0 saturated carbocycles. The van der Waals surface area contributed by atoms with Gasteiger partial charge in [-0.05, 0) is 6.07 Å². The van der Waals surface area contributed by atoms with E-state index in [9.17, 15) is 29.8 Å². The molecule has 0 aliphatic rings. The number of fused-ring (bicyclic) bond motifs is 1. The van der Waals surface area contributed by atoms with E-state index in [0.717, 1.165) is 18.2 Å². The third-order valence-electron chi connectivity index (χ3n) is 3.88. The number of aromatic nitrogens is 1. The fraction of sp³-hybridized carbons (Fsp3) is 0.0588. The molecule has 136 valence electrons. The van der Waals surface area contributed by atoms with Crippen LogP contribution in [0.4, 0.5) is 17.1 Å². The van der Waals surface area contributed by atoms with E-state index in [0.29, 0.717) is 10.9 Å². The van der Waals surface area contributed by atoms with E-state index < -0.39 is 27.1 Å². The van der Waals surface area contributed by atoms with Crippen LogP contribution in [-0.2, 0) is 0 Å². The number of rotatable bonds is 4. The van der Waals surface area contributed by atoms with Crippen molar-refractivity contribution in [2.45, 2.75) is 6.92 Å². The third-order valence-corrected chi connectivity index (χ3v) is 3.88. The van der Waals surface area contributed by atoms with Gasteiger partial charge in [0.15, 0.2) is 0 Å². The zero-order valence-electron chi connectivity index (χ0n) is 13.9. The van der Waals surface area contributed by atoms with Crippen LogP contribution in [0.3, 0.4) is 0 Å². The van der Waals surface area contributed by atoms with Crippen molar-refractivity contribution in [3.05, 3.63) is 74.5 Å². The SMILES string of the molecule is CC(=O)n1cc(C(=O)Nc2cc([N+](=O)[O-])cc([N+](=O)[O-])c2)c2ccccc21. The van der Waals surface area contributed by atoms with Gasteiger partial charge in [0.05, 0.1) is 32.7 Å². The first-order valence-electron chi connectivity index (χ1n) is 7.64. The molecule has 0 aliphatic heterocycles. The zero-order valence-corrected chi connectivity index (χ0v) is 13.9. The fourth-order valence-corrected chi connectivity index (χ4v) is 2.70. The van der Waals surface area contributed by atoms with Gasteiger partial charge in [0, 0.05) is 30.6 Å². The van der Waals surface area contributed by atoms with Crippen LogP contribution in [0.15, 0.2) is 48.7 Å². The molecule has 0 fully saturated rings. The Kier molecular flexibility index (Phi) is 4.38. The van der Waals surface area contributed by atoms with Gasteiger partial charge in [0.25, 0.3) is 17.3 Å². The van der Waals surface area contributed by atoms with E-state index >= 15 is 0 Å². The standard InChI is InChI=1S/C17H12N4O6/c1-10(22)19-9-15(14-4-2-3-5-16(14)19)17(23)18-11-6-12(20(24)25)8-13(7-11)21(26)27/h2-9H,1H3,(H,18,23). The highest BCUT2D eigenvalue weighted by atomic mass is 16.6. The van der Waals surface area contributed by atoms with Crippen molar-refractivity contribution in [1.82, 2.24) is 4.57 Å². The second kappa shape index (κ2) is 6.67. The van der Waals surface area contributed by atoms with E-state index in [1.54, 1.807) is 24.3 Å². The summed E-state index contributed by atoms with van der Waals surface area (Å²) in [4.78, 5) is 44.8. The summed E-state index contributed by atoms with van der Waals surface area (Å²) < 4.78 is 1.31. The van der Waals surface area contributed by atoms with E-state index in [1.165, 1.54) is 17.7 Å². The van der Waals surface area contributed by atoms with E-state index in [4.69, 9.17) is 0 Å². The van der Waals surface area contributed by atoms with Gasteiger partial charge in [0.1, 0.15) is 0 Å². The van der Waals surface area contributed by atoms with Crippen molar-refractivity contribution in [2.75, 3.05) is 5.32 Å². The lowest BCUT2D eigenvalue weighted by Gasteiger charge is -2.04. The molecule has 10 heteroatoms. The monoisotopic (exact) mass is 368 g/mol. The Hall–Kier alpha value is -4.08. The quantitative estimate of drug-likeness (QED) is 0.553. The number of carbonyl (C=O) groups is 2. The second-order valence-electron chi connectivity index (χ2n) is 5.66. The maximum Gasteiger partial charge on any atom is 0.278 e. The van der Waals surface area contributed by atoms with Crippen molar-refractivity contribution in [3.63, 3.8) is 0 Å². The predicted octanol–water partition coefficient (Wildman–Crippen LogP) is 3.37. The minimum atomic E-state index is -0.787. The summed E-state index contributed by atoms with van der Waals surface area (Å²) in [5.74, 6) is -0.947. The summed E-state index contributed by atoms with van der Waals surface area (Å²) >= 11 is 0. The maximum atomic E-state index is 12.7. The number of carbonyl (C=O) groups excluding carboxylic acids is 2. The lowest BCUT2D eigenvalue weighted by atomic mass is 10.1. The molecular formula is C17H12N4O6. The number of anilines is 1. The van der Waals surface area contributed by atoms with Crippen molar-refractivity contribution >= 4 is 39.8 Å². The van der Waals surface area contributed by atoms with Crippen molar-refractivity contribution < 1.29 is 19.4 Å². The van der Waals surface area contributed by atoms with Crippen LogP contribution < -0.4 is 5.32 Å². The van der Waals surface area contributed by atoms with Gasteiger partial charge >= 0.3 is 0 Å². The van der Waals surface area contributed by atoms with Crippen LogP contribution in [0.25, 0.3) is 10.9 Å². The molecule has 0 unspecified atom stereocenters. The van der Waals surface area contributed by atoms with Gasteiger partial charge in [-0.15, -0.1) is 0 Å². The van der Waals surface area contributed by atoms with Crippen molar-refractivity contribution in [1.29, 1.82) is 0 Å². The van der Waals surface area contributed by atoms with Gasteiger partial charge in [0.2, 0.25) is 5.91 Å². The van der Waals surface area contributed by atoms with Crippen molar-refractivity contribution in [3.8, 4) is 0 Å². The Balaban J connectivity index is 2.04. The molecule has 2 aromatic carbocycles. The number of hydrogen-bond acceptors (Lipinski definition) is 6. The van der Waals surface area contributed by atoms with Gasteiger partial charge in [-0.25, -0.2) is 0 Å². The molecule has 1 heterocycles. The lowest BCUT2D eigenvalue weighted by molar-refractivity contribution is -0.394. The highest BCUT2D eigenvalue weighted by Gasteiger charge is 2.20. The first-order chi connectivity index (χ1) is 12.8. The minimum Gasteiger partial charge on any atom is -0.321 e. The Labute approximate surface area is 151 Å². The largest absolute Gasteiger partial charge is 0.321 e. The van der Waals surface area contributed by atoms with Gasteiger partial charge < -0.3 is 5.32 Å². The molecule has 0 atom stereocenters. The van der Waals surface area contributed by atoms with Crippen LogP contribution in [0.5, 0.6) is 0 Å². The number of para-hydroxylation sites is 1. The first-order valence-corrected chi connectivity index (χ1v) is 7.64. The summed E-state index contributed by atoms with van der Waals surface area (Å²) in [7, 11) is 0. The number of benzene rings is 2. The smallest absolute Gasteiger partial charge is 0.278 e. The lowest BCUT2D eigenvalue weighted by Crippen LogP contribution is -2.12. The Morgan fingerprint density at radius 1 is 1.00 bits per heavy atom. The van der Waals surface area contributed by atoms with Crippen LogP contribution >= 0.6 is 0 Å². The highest BCUT2D eigenvalue weighted by Crippen LogP contribution is 2.27. The molecule has 0 saturated heterocycles. The molecule has 27 heavy (non-hydrogen) atoms. The van der Waals surface area contributed by atoms with E-state index in [2.05, 4.69) is 5.32 Å². The zero-order chi connectivity index (χ0) is 19.7. The molecule has 0 aliphatic carbocycles. The molecule has 3 rings (SSSR count). The van der Waals surface area contributed by atoms with Gasteiger partial charge in [-0.1, -0.05) is 18.2 Å². The molecule has 0 spiro atoms. The molecule has 0 bridgehead atoms. The molecular weight excluding hydrogens is 356 g/mol. The number of hydrogen-bond donors (Lipinski definition) is 1. The second-order valence-corrected chi connectivity index (χ2v) is 5.66. The molecule has 1 aromatic heterocycles. The summed E-state index contributed by atoms with van der Waals surface area (Å²) in [6.45, 7) is 1.35. The molecule has 10 nitrogen and oxygen atoms in total. The Morgan fingerprint density at radius 2 is 1.59 bits per heavy atom. The summed E-state index contributed by atoms with van der Waals surface area (Å²) in [6, 6.07) is 9.59. The summed E-state index contributed by atoms with van der Waals surface area (Å²) in [5, 5.41) is 24.9. The number of nitro groups is 2. The van der Waals surface area contributed by atoms with Crippen LogP contribution in [0, 0.1) is 20.2 Å².